The van der Waals surface area contributed by atoms with E-state index in [1.807, 2.05) is 0 Å². The topological polar surface area (TPSA) is 52.0 Å². The van der Waals surface area contributed by atoms with Gasteiger partial charge in [-0.25, -0.2) is 4.39 Å². The van der Waals surface area contributed by atoms with Gasteiger partial charge in [-0.1, -0.05) is 15.9 Å². The lowest BCUT2D eigenvalue weighted by atomic mass is 10.4. The van der Waals surface area contributed by atoms with Crippen LogP contribution in [0.2, 0.25) is 0 Å². The number of rotatable bonds is 0. The first-order valence-electron chi connectivity index (χ1n) is 2.53. The van der Waals surface area contributed by atoms with Crippen LogP contribution in [0.3, 0.4) is 0 Å². The minimum absolute atomic E-state index is 0.201. The molecular formula is C6H8BrFN2. The van der Waals surface area contributed by atoms with Crippen LogP contribution in [0.5, 0.6) is 0 Å². The highest BCUT2D eigenvalue weighted by atomic mass is 79.9. The Bertz CT molecular complexity index is 155. The van der Waals surface area contributed by atoms with Gasteiger partial charge in [0.05, 0.1) is 0 Å². The number of benzene rings is 1. The molecule has 0 aliphatic carbocycles. The SMILES string of the molecule is Fc1ccc(Br)cc1.NN. The third kappa shape index (κ3) is 3.55. The molecular weight excluding hydrogens is 199 g/mol. The molecule has 4 N–H and O–H groups in total. The Morgan fingerprint density at radius 2 is 1.50 bits per heavy atom. The lowest BCUT2D eigenvalue weighted by Gasteiger charge is -1.85. The third-order valence-corrected chi connectivity index (χ3v) is 1.33. The van der Waals surface area contributed by atoms with Crippen molar-refractivity contribution in [2.75, 3.05) is 0 Å². The van der Waals surface area contributed by atoms with Crippen molar-refractivity contribution in [1.82, 2.24) is 0 Å². The lowest BCUT2D eigenvalue weighted by Crippen LogP contribution is -2.02. The van der Waals surface area contributed by atoms with E-state index in [1.54, 1.807) is 12.1 Å². The average Bonchev–Trinajstić information content (AvgIpc) is 2.00. The van der Waals surface area contributed by atoms with Crippen molar-refractivity contribution >= 4 is 15.9 Å². The smallest absolute Gasteiger partial charge is 0.123 e. The molecule has 1 rings (SSSR count). The van der Waals surface area contributed by atoms with E-state index in [9.17, 15) is 4.39 Å². The first-order chi connectivity index (χ1) is 4.79. The molecule has 0 unspecified atom stereocenters. The summed E-state index contributed by atoms with van der Waals surface area (Å²) < 4.78 is 13.0. The van der Waals surface area contributed by atoms with E-state index in [2.05, 4.69) is 27.6 Å². The zero-order valence-corrected chi connectivity index (χ0v) is 6.81. The summed E-state index contributed by atoms with van der Waals surface area (Å²) in [5.74, 6) is 7.80. The van der Waals surface area contributed by atoms with Gasteiger partial charge in [-0.05, 0) is 24.3 Å². The van der Waals surface area contributed by atoms with Gasteiger partial charge >= 0.3 is 0 Å². The number of hydrazine groups is 1. The van der Waals surface area contributed by atoms with Gasteiger partial charge in [-0.2, -0.15) is 0 Å². The molecule has 0 amide bonds. The first-order valence-corrected chi connectivity index (χ1v) is 3.33. The van der Waals surface area contributed by atoms with E-state index in [0.29, 0.717) is 0 Å². The lowest BCUT2D eigenvalue weighted by molar-refractivity contribution is 0.627. The predicted molar refractivity (Wildman–Crippen MR) is 42.5 cm³/mol. The molecule has 0 bridgehead atoms. The summed E-state index contributed by atoms with van der Waals surface area (Å²) in [6.07, 6.45) is 0. The Morgan fingerprint density at radius 1 is 1.10 bits per heavy atom. The van der Waals surface area contributed by atoms with Crippen molar-refractivity contribution in [3.05, 3.63) is 34.6 Å². The summed E-state index contributed by atoms with van der Waals surface area (Å²) in [6.45, 7) is 0. The van der Waals surface area contributed by atoms with Crippen molar-refractivity contribution < 1.29 is 4.39 Å². The molecule has 0 spiro atoms. The van der Waals surface area contributed by atoms with E-state index >= 15 is 0 Å². The van der Waals surface area contributed by atoms with Gasteiger partial charge in [-0.15, -0.1) is 0 Å². The van der Waals surface area contributed by atoms with Crippen LogP contribution in [-0.2, 0) is 0 Å². The average molecular weight is 207 g/mol. The van der Waals surface area contributed by atoms with Crippen molar-refractivity contribution in [3.8, 4) is 0 Å². The summed E-state index contributed by atoms with van der Waals surface area (Å²) in [6, 6.07) is 6.14. The zero-order chi connectivity index (χ0) is 7.98. The molecule has 1 aromatic rings. The Balaban J connectivity index is 0.000000371. The molecule has 0 atom stereocenters. The van der Waals surface area contributed by atoms with Gasteiger partial charge in [0, 0.05) is 4.47 Å². The molecule has 0 fully saturated rings. The monoisotopic (exact) mass is 206 g/mol. The maximum atomic E-state index is 12.1. The highest BCUT2D eigenvalue weighted by molar-refractivity contribution is 9.10. The fraction of sp³-hybridized carbons (Fsp3) is 0. The largest absolute Gasteiger partial charge is 0.274 e. The van der Waals surface area contributed by atoms with Gasteiger partial charge in [-0.3, -0.25) is 11.7 Å². The molecule has 0 radical (unpaired) electrons. The number of nitrogens with two attached hydrogens (primary N) is 2. The van der Waals surface area contributed by atoms with Crippen LogP contribution in [0.15, 0.2) is 28.7 Å². The van der Waals surface area contributed by atoms with Gasteiger partial charge in [0.25, 0.3) is 0 Å². The zero-order valence-electron chi connectivity index (χ0n) is 5.22. The van der Waals surface area contributed by atoms with Gasteiger partial charge < -0.3 is 0 Å². The number of halogens is 2. The van der Waals surface area contributed by atoms with Gasteiger partial charge in [0.15, 0.2) is 0 Å². The van der Waals surface area contributed by atoms with Crippen molar-refractivity contribution in [3.63, 3.8) is 0 Å². The summed E-state index contributed by atoms with van der Waals surface area (Å²) in [4.78, 5) is 0. The molecule has 0 aliphatic rings. The Morgan fingerprint density at radius 3 is 1.80 bits per heavy atom. The molecule has 2 nitrogen and oxygen atoms in total. The van der Waals surface area contributed by atoms with E-state index in [1.165, 1.54) is 12.1 Å². The minimum atomic E-state index is -0.201. The summed E-state index contributed by atoms with van der Waals surface area (Å²) in [5, 5.41) is 0. The van der Waals surface area contributed by atoms with Crippen LogP contribution < -0.4 is 11.7 Å². The van der Waals surface area contributed by atoms with Crippen molar-refractivity contribution in [1.29, 1.82) is 0 Å². The minimum Gasteiger partial charge on any atom is -0.274 e. The molecule has 10 heavy (non-hydrogen) atoms. The number of hydrogen-bond acceptors (Lipinski definition) is 2. The van der Waals surface area contributed by atoms with Crippen LogP contribution in [0.1, 0.15) is 0 Å². The van der Waals surface area contributed by atoms with E-state index in [0.717, 1.165) is 4.47 Å². The van der Waals surface area contributed by atoms with E-state index in [-0.39, 0.29) is 5.82 Å². The molecule has 56 valence electrons. The molecule has 0 heterocycles. The number of hydrogen-bond donors (Lipinski definition) is 2. The molecule has 0 saturated heterocycles. The second kappa shape index (κ2) is 5.34. The van der Waals surface area contributed by atoms with Crippen LogP contribution in [0, 0.1) is 5.82 Å². The normalized spacial score (nSPS) is 8.00. The Hall–Kier alpha value is -0.450. The van der Waals surface area contributed by atoms with Gasteiger partial charge in [0.2, 0.25) is 0 Å². The third-order valence-electron chi connectivity index (χ3n) is 0.804. The van der Waals surface area contributed by atoms with Crippen LogP contribution in [0.25, 0.3) is 0 Å². The maximum Gasteiger partial charge on any atom is 0.123 e. The fourth-order valence-electron chi connectivity index (χ4n) is 0.430. The Kier molecular flexibility index (Phi) is 5.10. The summed E-state index contributed by atoms with van der Waals surface area (Å²) in [5.41, 5.74) is 0. The second-order valence-corrected chi connectivity index (χ2v) is 2.35. The highest BCUT2D eigenvalue weighted by Crippen LogP contribution is 2.08. The van der Waals surface area contributed by atoms with Crippen LogP contribution >= 0.6 is 15.9 Å². The highest BCUT2D eigenvalue weighted by Gasteiger charge is 1.84. The molecule has 0 aromatic heterocycles. The second-order valence-electron chi connectivity index (χ2n) is 1.44. The van der Waals surface area contributed by atoms with Crippen molar-refractivity contribution in [2.45, 2.75) is 0 Å². The Labute approximate surface area is 67.1 Å². The van der Waals surface area contributed by atoms with Gasteiger partial charge in [0.1, 0.15) is 5.82 Å². The summed E-state index contributed by atoms with van der Waals surface area (Å²) in [7, 11) is 0. The van der Waals surface area contributed by atoms with Crippen LogP contribution in [-0.4, -0.2) is 0 Å². The van der Waals surface area contributed by atoms with E-state index in [4.69, 9.17) is 0 Å². The summed E-state index contributed by atoms with van der Waals surface area (Å²) >= 11 is 3.18. The fourth-order valence-corrected chi connectivity index (χ4v) is 0.694. The standard InChI is InChI=1S/C6H4BrF.H4N2/c7-5-1-3-6(8)4-2-5;1-2/h1-4H;1-2H2. The van der Waals surface area contributed by atoms with E-state index < -0.39 is 0 Å². The predicted octanol–water partition coefficient (Wildman–Crippen LogP) is 1.41. The molecule has 0 aliphatic heterocycles. The molecule has 4 heteroatoms. The first kappa shape index (κ1) is 9.55. The quantitative estimate of drug-likeness (QED) is 0.499. The van der Waals surface area contributed by atoms with Crippen LogP contribution in [0.4, 0.5) is 4.39 Å². The molecule has 1 aromatic carbocycles. The molecule has 0 saturated carbocycles. The van der Waals surface area contributed by atoms with Crippen molar-refractivity contribution in [2.24, 2.45) is 11.7 Å². The maximum absolute atomic E-state index is 12.1.